The monoisotopic (exact) mass is 520 g/mol. The molecule has 0 spiro atoms. The van der Waals surface area contributed by atoms with Crippen molar-refractivity contribution in [2.75, 3.05) is 23.3 Å². The number of halogens is 4. The minimum absolute atomic E-state index is 0.0152. The van der Waals surface area contributed by atoms with Crippen molar-refractivity contribution in [3.05, 3.63) is 118 Å². The van der Waals surface area contributed by atoms with Crippen molar-refractivity contribution in [2.45, 2.75) is 25.9 Å². The van der Waals surface area contributed by atoms with E-state index in [4.69, 9.17) is 9.47 Å². The van der Waals surface area contributed by atoms with Crippen molar-refractivity contribution in [1.29, 1.82) is 0 Å². The van der Waals surface area contributed by atoms with Crippen LogP contribution in [0.4, 0.5) is 28.9 Å². The smallest absolute Gasteiger partial charge is 0.161 e. The average Bonchev–Trinajstić information content (AvgIpc) is 2.91. The highest BCUT2D eigenvalue weighted by Crippen LogP contribution is 2.36. The molecule has 2 aliphatic heterocycles. The van der Waals surface area contributed by atoms with Crippen LogP contribution >= 0.6 is 0 Å². The minimum atomic E-state index is -0.632. The molecule has 2 heterocycles. The molecule has 0 saturated carbocycles. The summed E-state index contributed by atoms with van der Waals surface area (Å²) in [4.78, 5) is 3.45. The maximum Gasteiger partial charge on any atom is 0.161 e. The maximum atomic E-state index is 14.4. The fraction of sp³-hybridized carbons (Fsp3) is 0.200. The first-order valence-electron chi connectivity index (χ1n) is 12.3. The Hall–Kier alpha value is -4.20. The number of hydrogen-bond acceptors (Lipinski definition) is 4. The van der Waals surface area contributed by atoms with Crippen molar-refractivity contribution in [1.82, 2.24) is 0 Å². The molecule has 0 bridgehead atoms. The molecule has 0 radical (unpaired) electrons. The summed E-state index contributed by atoms with van der Waals surface area (Å²) >= 11 is 0. The summed E-state index contributed by atoms with van der Waals surface area (Å²) < 4.78 is 67.2. The molecular weight excluding hydrogens is 496 g/mol. The Labute approximate surface area is 217 Å². The fourth-order valence-corrected chi connectivity index (χ4v) is 5.04. The van der Waals surface area contributed by atoms with Gasteiger partial charge in [0, 0.05) is 42.3 Å². The molecule has 4 aromatic carbocycles. The van der Waals surface area contributed by atoms with Gasteiger partial charge in [-0.25, -0.2) is 17.6 Å². The SMILES string of the molecule is CC(c1ccc2c(c1)CN(c1ccc(F)cc1F)CO2)c1ccc2c(c1)CN(c1ccc(F)cc1F)CO2. The summed E-state index contributed by atoms with van der Waals surface area (Å²) in [5.74, 6) is -1.03. The minimum Gasteiger partial charge on any atom is -0.473 e. The van der Waals surface area contributed by atoms with Gasteiger partial charge in [-0.05, 0) is 59.7 Å². The molecule has 4 nitrogen and oxygen atoms in total. The second kappa shape index (κ2) is 9.59. The third-order valence-electron chi connectivity index (χ3n) is 7.14. The van der Waals surface area contributed by atoms with Crippen molar-refractivity contribution >= 4 is 11.4 Å². The highest BCUT2D eigenvalue weighted by molar-refractivity contribution is 5.54. The molecule has 0 aliphatic carbocycles. The topological polar surface area (TPSA) is 24.9 Å². The van der Waals surface area contributed by atoms with Gasteiger partial charge in [0.1, 0.15) is 34.8 Å². The van der Waals surface area contributed by atoms with Crippen LogP contribution in [0, 0.1) is 23.3 Å². The fourth-order valence-electron chi connectivity index (χ4n) is 5.04. The van der Waals surface area contributed by atoms with Crippen LogP contribution in [0.1, 0.15) is 35.1 Å². The lowest BCUT2D eigenvalue weighted by molar-refractivity contribution is 0.287. The highest BCUT2D eigenvalue weighted by atomic mass is 19.1. The largest absolute Gasteiger partial charge is 0.473 e. The van der Waals surface area contributed by atoms with E-state index < -0.39 is 23.3 Å². The first-order valence-corrected chi connectivity index (χ1v) is 12.3. The van der Waals surface area contributed by atoms with E-state index in [1.807, 2.05) is 36.4 Å². The van der Waals surface area contributed by atoms with Crippen LogP contribution in [0.15, 0.2) is 72.8 Å². The van der Waals surface area contributed by atoms with E-state index in [0.29, 0.717) is 13.1 Å². The van der Waals surface area contributed by atoms with Crippen LogP contribution in [0.2, 0.25) is 0 Å². The normalized spacial score (nSPS) is 14.6. The van der Waals surface area contributed by atoms with E-state index in [1.54, 1.807) is 9.80 Å². The molecule has 6 rings (SSSR count). The summed E-state index contributed by atoms with van der Waals surface area (Å²) in [5, 5.41) is 0. The van der Waals surface area contributed by atoms with E-state index >= 15 is 0 Å². The number of anilines is 2. The van der Waals surface area contributed by atoms with Gasteiger partial charge in [0.2, 0.25) is 0 Å². The second-order valence-corrected chi connectivity index (χ2v) is 9.59. The van der Waals surface area contributed by atoms with Gasteiger partial charge in [-0.15, -0.1) is 0 Å². The zero-order valence-corrected chi connectivity index (χ0v) is 20.6. The van der Waals surface area contributed by atoms with Crippen molar-refractivity contribution < 1.29 is 27.0 Å². The lowest BCUT2D eigenvalue weighted by atomic mass is 9.90. The number of benzene rings is 4. The van der Waals surface area contributed by atoms with E-state index in [0.717, 1.165) is 45.9 Å². The molecule has 0 saturated heterocycles. The number of fused-ring (bicyclic) bond motifs is 2. The van der Waals surface area contributed by atoms with Crippen LogP contribution in [0.3, 0.4) is 0 Å². The van der Waals surface area contributed by atoms with Gasteiger partial charge in [-0.3, -0.25) is 0 Å². The Bertz CT molecular complexity index is 1410. The quantitative estimate of drug-likeness (QED) is 0.268. The van der Waals surface area contributed by atoms with E-state index in [2.05, 4.69) is 6.92 Å². The van der Waals surface area contributed by atoms with E-state index in [-0.39, 0.29) is 30.8 Å². The zero-order chi connectivity index (χ0) is 26.4. The number of nitrogens with zero attached hydrogens (tertiary/aromatic N) is 2. The Kier molecular flexibility index (Phi) is 6.10. The Morgan fingerprint density at radius 1 is 0.605 bits per heavy atom. The lowest BCUT2D eigenvalue weighted by Gasteiger charge is -2.32. The van der Waals surface area contributed by atoms with Gasteiger partial charge >= 0.3 is 0 Å². The molecule has 0 N–H and O–H groups in total. The molecule has 0 unspecified atom stereocenters. The first kappa shape index (κ1) is 24.2. The van der Waals surface area contributed by atoms with Crippen molar-refractivity contribution in [2.24, 2.45) is 0 Å². The summed E-state index contributed by atoms with van der Waals surface area (Å²) in [6.07, 6.45) is 0. The summed E-state index contributed by atoms with van der Waals surface area (Å²) in [6.45, 7) is 3.27. The molecule has 38 heavy (non-hydrogen) atoms. The summed E-state index contributed by atoms with van der Waals surface area (Å²) in [5.41, 5.74) is 4.48. The van der Waals surface area contributed by atoms with Crippen molar-refractivity contribution in [3.63, 3.8) is 0 Å². The van der Waals surface area contributed by atoms with Crippen LogP contribution in [0.25, 0.3) is 0 Å². The molecule has 194 valence electrons. The Morgan fingerprint density at radius 3 is 1.47 bits per heavy atom. The van der Waals surface area contributed by atoms with Gasteiger partial charge in [-0.1, -0.05) is 19.1 Å². The van der Waals surface area contributed by atoms with E-state index in [9.17, 15) is 17.6 Å². The predicted octanol–water partition coefficient (Wildman–Crippen LogP) is 7.11. The molecule has 0 fully saturated rings. The van der Waals surface area contributed by atoms with Gasteiger partial charge in [-0.2, -0.15) is 0 Å². The molecule has 0 atom stereocenters. The van der Waals surface area contributed by atoms with Gasteiger partial charge in [0.15, 0.2) is 13.5 Å². The Balaban J connectivity index is 1.24. The number of ether oxygens (including phenoxy) is 2. The van der Waals surface area contributed by atoms with Crippen LogP contribution in [-0.2, 0) is 13.1 Å². The van der Waals surface area contributed by atoms with Gasteiger partial charge in [0.25, 0.3) is 0 Å². The zero-order valence-electron chi connectivity index (χ0n) is 20.6. The lowest BCUT2D eigenvalue weighted by Crippen LogP contribution is -2.32. The first-order chi connectivity index (χ1) is 18.4. The number of hydrogen-bond donors (Lipinski definition) is 0. The van der Waals surface area contributed by atoms with Crippen LogP contribution in [-0.4, -0.2) is 13.5 Å². The summed E-state index contributed by atoms with van der Waals surface area (Å²) in [7, 11) is 0. The van der Waals surface area contributed by atoms with Crippen molar-refractivity contribution in [3.8, 4) is 11.5 Å². The predicted molar refractivity (Wildman–Crippen MR) is 136 cm³/mol. The third kappa shape index (κ3) is 4.51. The molecule has 0 amide bonds. The molecular formula is C30H24F4N2O2. The average molecular weight is 521 g/mol. The molecule has 8 heteroatoms. The van der Waals surface area contributed by atoms with E-state index in [1.165, 1.54) is 24.3 Å². The maximum absolute atomic E-state index is 14.4. The van der Waals surface area contributed by atoms with Crippen LogP contribution < -0.4 is 19.3 Å². The molecule has 2 aliphatic rings. The molecule has 0 aromatic heterocycles. The second-order valence-electron chi connectivity index (χ2n) is 9.59. The molecule has 4 aromatic rings. The van der Waals surface area contributed by atoms with Gasteiger partial charge in [0.05, 0.1) is 11.4 Å². The highest BCUT2D eigenvalue weighted by Gasteiger charge is 2.24. The standard InChI is InChI=1S/C30H24F4N2O2/c1-18(19-2-8-29-21(10-19)14-35(16-37-29)27-6-4-23(31)12-25(27)33)20-3-9-30-22(11-20)15-36(17-38-30)28-7-5-24(32)13-26(28)34/h2-13,18H,14-17H2,1H3. The number of rotatable bonds is 4. The third-order valence-corrected chi connectivity index (χ3v) is 7.14. The van der Waals surface area contributed by atoms with Crippen LogP contribution in [0.5, 0.6) is 11.5 Å². The Morgan fingerprint density at radius 2 is 1.05 bits per heavy atom. The van der Waals surface area contributed by atoms with Gasteiger partial charge < -0.3 is 19.3 Å². The summed E-state index contributed by atoms with van der Waals surface area (Å²) in [6, 6.07) is 19.0.